The molecule has 0 saturated carbocycles. The Morgan fingerprint density at radius 1 is 0.531 bits per heavy atom. The molecule has 1 heterocycles. The summed E-state index contributed by atoms with van der Waals surface area (Å²) in [7, 11) is 0. The summed E-state index contributed by atoms with van der Waals surface area (Å²) in [5, 5.41) is 4.63. The summed E-state index contributed by atoms with van der Waals surface area (Å²) in [5.41, 5.74) is 6.19. The Balaban J connectivity index is 1.69. The molecular weight excluding hydrogens is 390 g/mol. The summed E-state index contributed by atoms with van der Waals surface area (Å²) in [5.74, 6) is 0. The molecule has 0 amide bonds. The van der Waals surface area contributed by atoms with Crippen LogP contribution in [0.3, 0.4) is 0 Å². The summed E-state index contributed by atoms with van der Waals surface area (Å²) in [6, 6.07) is 36.1. The third-order valence-corrected chi connectivity index (χ3v) is 5.91. The van der Waals surface area contributed by atoms with E-state index in [2.05, 4.69) is 95.9 Å². The second-order valence-corrected chi connectivity index (χ2v) is 7.99. The molecule has 0 spiro atoms. The average molecular weight is 412 g/mol. The molecule has 5 aromatic carbocycles. The number of aryl methyl sites for hydroxylation is 1. The Kier molecular flexibility index (Phi) is 4.32. The highest BCUT2D eigenvalue weighted by molar-refractivity contribution is 6.23. The number of fused-ring (bicyclic) bond motifs is 6. The maximum Gasteiger partial charge on any atom is 0.0974 e. The molecule has 0 saturated heterocycles. The van der Waals surface area contributed by atoms with Crippen LogP contribution in [0.4, 0.5) is 17.1 Å². The van der Waals surface area contributed by atoms with Crippen LogP contribution in [0.15, 0.2) is 109 Å². The van der Waals surface area contributed by atoms with Gasteiger partial charge in [-0.05, 0) is 54.1 Å². The van der Waals surface area contributed by atoms with Crippen LogP contribution >= 0.6 is 0 Å². The van der Waals surface area contributed by atoms with E-state index in [9.17, 15) is 0 Å². The van der Waals surface area contributed by atoms with E-state index in [-0.39, 0.29) is 0 Å². The molecule has 1 aromatic heterocycles. The van der Waals surface area contributed by atoms with E-state index in [4.69, 9.17) is 9.97 Å². The number of anilines is 3. The van der Waals surface area contributed by atoms with Crippen LogP contribution in [0.25, 0.3) is 32.6 Å². The zero-order chi connectivity index (χ0) is 21.5. The Morgan fingerprint density at radius 3 is 1.81 bits per heavy atom. The fraction of sp³-hybridized carbons (Fsp3) is 0.0345. The number of nitrogens with zero attached hydrogens (tertiary/aromatic N) is 3. The van der Waals surface area contributed by atoms with Gasteiger partial charge in [-0.15, -0.1) is 0 Å². The molecule has 3 nitrogen and oxygen atoms in total. The van der Waals surface area contributed by atoms with Gasteiger partial charge in [0.1, 0.15) is 0 Å². The minimum absolute atomic E-state index is 0.924. The van der Waals surface area contributed by atoms with Crippen LogP contribution in [0.2, 0.25) is 0 Å². The van der Waals surface area contributed by atoms with E-state index in [1.165, 1.54) is 10.8 Å². The van der Waals surface area contributed by atoms with E-state index in [0.717, 1.165) is 44.6 Å². The SMILES string of the molecule is Cc1cnc2c3ccccc3c3cc(N(c4ccccc4)c4ccccc4)ccc3c2n1. The van der Waals surface area contributed by atoms with Crippen molar-refractivity contribution in [1.29, 1.82) is 0 Å². The Bertz CT molecular complexity index is 1540. The third-order valence-electron chi connectivity index (χ3n) is 5.91. The molecule has 0 unspecified atom stereocenters. The van der Waals surface area contributed by atoms with Gasteiger partial charge in [-0.25, -0.2) is 4.98 Å². The maximum absolute atomic E-state index is 4.87. The minimum atomic E-state index is 0.924. The largest absolute Gasteiger partial charge is 0.310 e. The van der Waals surface area contributed by atoms with Crippen LogP contribution in [0, 0.1) is 6.92 Å². The first kappa shape index (κ1) is 18.5. The van der Waals surface area contributed by atoms with Gasteiger partial charge in [0.05, 0.1) is 16.7 Å². The van der Waals surface area contributed by atoms with E-state index in [1.54, 1.807) is 0 Å². The summed E-state index contributed by atoms with van der Waals surface area (Å²) in [6.07, 6.45) is 1.85. The van der Waals surface area contributed by atoms with Crippen molar-refractivity contribution in [2.75, 3.05) is 4.90 Å². The second-order valence-electron chi connectivity index (χ2n) is 7.99. The van der Waals surface area contributed by atoms with Crippen molar-refractivity contribution in [3.8, 4) is 0 Å². The monoisotopic (exact) mass is 411 g/mol. The number of rotatable bonds is 3. The summed E-state index contributed by atoms with van der Waals surface area (Å²) in [6.45, 7) is 1.99. The zero-order valence-electron chi connectivity index (χ0n) is 17.7. The second kappa shape index (κ2) is 7.47. The van der Waals surface area contributed by atoms with Crippen molar-refractivity contribution in [3.63, 3.8) is 0 Å². The van der Waals surface area contributed by atoms with E-state index in [0.29, 0.717) is 0 Å². The molecule has 6 rings (SSSR count). The lowest BCUT2D eigenvalue weighted by atomic mass is 9.98. The minimum Gasteiger partial charge on any atom is -0.310 e. The molecule has 0 aliphatic carbocycles. The van der Waals surface area contributed by atoms with Gasteiger partial charge >= 0.3 is 0 Å². The lowest BCUT2D eigenvalue weighted by Crippen LogP contribution is -2.09. The van der Waals surface area contributed by atoms with Crippen LogP contribution in [-0.2, 0) is 0 Å². The van der Waals surface area contributed by atoms with Gasteiger partial charge in [0, 0.05) is 34.0 Å². The smallest absolute Gasteiger partial charge is 0.0974 e. The van der Waals surface area contributed by atoms with Gasteiger partial charge in [-0.2, -0.15) is 0 Å². The van der Waals surface area contributed by atoms with Crippen LogP contribution in [0.5, 0.6) is 0 Å². The molecule has 0 aliphatic heterocycles. The highest BCUT2D eigenvalue weighted by Crippen LogP contribution is 2.39. The van der Waals surface area contributed by atoms with Gasteiger partial charge < -0.3 is 4.90 Å². The van der Waals surface area contributed by atoms with Crippen LogP contribution in [0.1, 0.15) is 5.69 Å². The van der Waals surface area contributed by atoms with Gasteiger partial charge in [-0.1, -0.05) is 66.7 Å². The topological polar surface area (TPSA) is 29.0 Å². The Labute approximate surface area is 186 Å². The molecule has 32 heavy (non-hydrogen) atoms. The van der Waals surface area contributed by atoms with E-state index < -0.39 is 0 Å². The van der Waals surface area contributed by atoms with Crippen molar-refractivity contribution < 1.29 is 0 Å². The maximum atomic E-state index is 4.87. The average Bonchev–Trinajstić information content (AvgIpc) is 2.85. The normalized spacial score (nSPS) is 11.3. The summed E-state index contributed by atoms with van der Waals surface area (Å²) in [4.78, 5) is 11.9. The first-order chi connectivity index (χ1) is 15.8. The van der Waals surface area contributed by atoms with Gasteiger partial charge in [0.25, 0.3) is 0 Å². The molecule has 0 radical (unpaired) electrons. The summed E-state index contributed by atoms with van der Waals surface area (Å²) >= 11 is 0. The molecule has 0 atom stereocenters. The van der Waals surface area contributed by atoms with E-state index in [1.807, 2.05) is 25.3 Å². The van der Waals surface area contributed by atoms with Gasteiger partial charge in [0.15, 0.2) is 0 Å². The predicted molar refractivity (Wildman–Crippen MR) is 134 cm³/mol. The number of para-hydroxylation sites is 2. The molecule has 0 N–H and O–H groups in total. The number of aromatic nitrogens is 2. The molecule has 0 aliphatic rings. The highest BCUT2D eigenvalue weighted by Gasteiger charge is 2.16. The fourth-order valence-electron chi connectivity index (χ4n) is 4.49. The highest BCUT2D eigenvalue weighted by atomic mass is 15.1. The lowest BCUT2D eigenvalue weighted by Gasteiger charge is -2.26. The first-order valence-electron chi connectivity index (χ1n) is 10.8. The summed E-state index contributed by atoms with van der Waals surface area (Å²) < 4.78 is 0. The van der Waals surface area contributed by atoms with Crippen molar-refractivity contribution in [1.82, 2.24) is 9.97 Å². The van der Waals surface area contributed by atoms with Crippen molar-refractivity contribution >= 4 is 49.6 Å². The van der Waals surface area contributed by atoms with Gasteiger partial charge in [-0.3, -0.25) is 4.98 Å². The predicted octanol–water partition coefficient (Wildman–Crippen LogP) is 7.71. The van der Waals surface area contributed by atoms with Crippen LogP contribution < -0.4 is 4.90 Å². The first-order valence-corrected chi connectivity index (χ1v) is 10.8. The zero-order valence-corrected chi connectivity index (χ0v) is 17.7. The van der Waals surface area contributed by atoms with E-state index >= 15 is 0 Å². The molecule has 152 valence electrons. The number of benzene rings is 5. The van der Waals surface area contributed by atoms with Gasteiger partial charge in [0.2, 0.25) is 0 Å². The quantitative estimate of drug-likeness (QED) is 0.279. The van der Waals surface area contributed by atoms with Crippen molar-refractivity contribution in [2.45, 2.75) is 6.92 Å². The van der Waals surface area contributed by atoms with Crippen molar-refractivity contribution in [3.05, 3.63) is 115 Å². The fourth-order valence-corrected chi connectivity index (χ4v) is 4.49. The molecule has 6 aromatic rings. The Hall–Kier alpha value is -4.24. The number of hydrogen-bond acceptors (Lipinski definition) is 3. The van der Waals surface area contributed by atoms with Crippen molar-refractivity contribution in [2.24, 2.45) is 0 Å². The third kappa shape index (κ3) is 2.98. The molecule has 3 heteroatoms. The molecule has 0 fully saturated rings. The lowest BCUT2D eigenvalue weighted by molar-refractivity contribution is 1.19. The molecular formula is C29H21N3. The standard InChI is InChI=1S/C29H21N3/c1-20-19-30-28-25-15-9-8-14-24(25)27-18-23(16-17-26(27)29(28)31-20)32(21-10-4-2-5-11-21)22-12-6-3-7-13-22/h2-19H,1H3. The molecule has 0 bridgehead atoms. The number of hydrogen-bond donors (Lipinski definition) is 0. The Morgan fingerprint density at radius 2 is 1.12 bits per heavy atom. The van der Waals surface area contributed by atoms with Crippen LogP contribution in [-0.4, -0.2) is 9.97 Å².